The molecule has 2 saturated heterocycles. The maximum absolute atomic E-state index is 12.1. The normalized spacial score (nSPS) is 21.5. The second-order valence-electron chi connectivity index (χ2n) is 4.83. The van der Waals surface area contributed by atoms with Gasteiger partial charge in [-0.3, -0.25) is 14.5 Å². The Kier molecular flexibility index (Phi) is 5.12. The molecule has 2 rings (SSSR count). The van der Waals surface area contributed by atoms with Gasteiger partial charge in [-0.15, -0.1) is 0 Å². The maximum atomic E-state index is 12.1. The van der Waals surface area contributed by atoms with E-state index >= 15 is 0 Å². The fraction of sp³-hybridized carbons (Fsp3) is 0.833. The van der Waals surface area contributed by atoms with Gasteiger partial charge in [0.05, 0.1) is 13.2 Å². The van der Waals surface area contributed by atoms with Gasteiger partial charge in [0.1, 0.15) is 0 Å². The number of hydrogen-bond donors (Lipinski definition) is 1. The van der Waals surface area contributed by atoms with Crippen molar-refractivity contribution in [1.29, 1.82) is 0 Å². The van der Waals surface area contributed by atoms with Crippen molar-refractivity contribution in [2.75, 3.05) is 65.6 Å². The Morgan fingerprint density at radius 3 is 1.95 bits per heavy atom. The quantitative estimate of drug-likeness (QED) is 0.584. The molecule has 0 bridgehead atoms. The highest BCUT2D eigenvalue weighted by molar-refractivity contribution is 6.34. The van der Waals surface area contributed by atoms with Crippen LogP contribution in [0.2, 0.25) is 0 Å². The highest BCUT2D eigenvalue weighted by Crippen LogP contribution is 2.05. The minimum atomic E-state index is -0.393. The number of morpholine rings is 1. The van der Waals surface area contributed by atoms with Crippen LogP contribution in [0.1, 0.15) is 0 Å². The summed E-state index contributed by atoms with van der Waals surface area (Å²) in [6.45, 7) is 6.32. The molecule has 0 unspecified atom stereocenters. The molecule has 2 N–H and O–H groups in total. The largest absolute Gasteiger partial charge is 0.378 e. The van der Waals surface area contributed by atoms with Crippen molar-refractivity contribution < 1.29 is 14.3 Å². The van der Waals surface area contributed by atoms with Gasteiger partial charge in [-0.2, -0.15) is 0 Å². The van der Waals surface area contributed by atoms with E-state index in [0.717, 1.165) is 19.6 Å². The van der Waals surface area contributed by atoms with Crippen molar-refractivity contribution in [3.05, 3.63) is 0 Å². The minimum Gasteiger partial charge on any atom is -0.378 e. The molecule has 0 atom stereocenters. The highest BCUT2D eigenvalue weighted by atomic mass is 16.5. The number of nitrogens with two attached hydrogens (primary N) is 1. The number of amides is 2. The molecule has 2 aliphatic heterocycles. The van der Waals surface area contributed by atoms with Crippen LogP contribution in [0.3, 0.4) is 0 Å². The van der Waals surface area contributed by atoms with Gasteiger partial charge in [-0.05, 0) is 0 Å². The second-order valence-corrected chi connectivity index (χ2v) is 4.83. The van der Waals surface area contributed by atoms with Crippen molar-refractivity contribution in [3.8, 4) is 0 Å². The Balaban J connectivity index is 1.81. The number of hydrogen-bond acceptors (Lipinski definition) is 5. The van der Waals surface area contributed by atoms with Crippen molar-refractivity contribution in [2.24, 2.45) is 5.73 Å². The molecule has 0 aromatic heterocycles. The standard InChI is InChI=1S/C12H22N4O3/c13-1-2-14-3-5-15(6-4-14)11(17)12(18)16-7-9-19-10-8-16/h1-10,13H2. The molecule has 0 aliphatic carbocycles. The number of carbonyl (C=O) groups is 2. The Bertz CT molecular complexity index is 323. The van der Waals surface area contributed by atoms with E-state index in [9.17, 15) is 9.59 Å². The number of ether oxygens (including phenoxy) is 1. The molecule has 0 radical (unpaired) electrons. The first kappa shape index (κ1) is 14.2. The first-order valence-corrected chi connectivity index (χ1v) is 6.80. The monoisotopic (exact) mass is 270 g/mol. The zero-order valence-electron chi connectivity index (χ0n) is 11.2. The Morgan fingerprint density at radius 2 is 1.42 bits per heavy atom. The zero-order chi connectivity index (χ0) is 13.7. The molecule has 108 valence electrons. The number of nitrogens with zero attached hydrogens (tertiary/aromatic N) is 3. The molecule has 0 saturated carbocycles. The predicted molar refractivity (Wildman–Crippen MR) is 69.5 cm³/mol. The molecule has 0 spiro atoms. The lowest BCUT2D eigenvalue weighted by atomic mass is 10.3. The number of piperazine rings is 1. The highest BCUT2D eigenvalue weighted by Gasteiger charge is 2.30. The molecule has 2 fully saturated rings. The maximum Gasteiger partial charge on any atom is 0.312 e. The second kappa shape index (κ2) is 6.83. The van der Waals surface area contributed by atoms with Crippen LogP contribution in [0.15, 0.2) is 0 Å². The van der Waals surface area contributed by atoms with E-state index in [4.69, 9.17) is 10.5 Å². The summed E-state index contributed by atoms with van der Waals surface area (Å²) in [4.78, 5) is 29.6. The average molecular weight is 270 g/mol. The van der Waals surface area contributed by atoms with Gasteiger partial charge < -0.3 is 20.3 Å². The fourth-order valence-electron chi connectivity index (χ4n) is 2.39. The lowest BCUT2D eigenvalue weighted by Crippen LogP contribution is -2.55. The van der Waals surface area contributed by atoms with Crippen LogP contribution in [-0.4, -0.2) is 92.1 Å². The van der Waals surface area contributed by atoms with E-state index in [-0.39, 0.29) is 5.91 Å². The molecule has 2 aliphatic rings. The van der Waals surface area contributed by atoms with E-state index in [2.05, 4.69) is 4.90 Å². The number of carbonyl (C=O) groups excluding carboxylic acids is 2. The summed E-state index contributed by atoms with van der Waals surface area (Å²) in [5.74, 6) is -0.773. The Morgan fingerprint density at radius 1 is 0.895 bits per heavy atom. The van der Waals surface area contributed by atoms with Gasteiger partial charge in [-0.25, -0.2) is 0 Å². The third-order valence-electron chi connectivity index (χ3n) is 3.59. The Labute approximate surface area is 113 Å². The van der Waals surface area contributed by atoms with E-state index in [0.29, 0.717) is 45.9 Å². The van der Waals surface area contributed by atoms with Crippen LogP contribution in [-0.2, 0) is 14.3 Å². The van der Waals surface area contributed by atoms with Crippen LogP contribution < -0.4 is 5.73 Å². The molecule has 0 aromatic carbocycles. The Hall–Kier alpha value is -1.18. The van der Waals surface area contributed by atoms with Gasteiger partial charge in [0.2, 0.25) is 0 Å². The van der Waals surface area contributed by atoms with Gasteiger partial charge in [-0.1, -0.05) is 0 Å². The lowest BCUT2D eigenvalue weighted by Gasteiger charge is -2.35. The molecule has 0 aromatic rings. The van der Waals surface area contributed by atoms with Crippen LogP contribution in [0, 0.1) is 0 Å². The molecular formula is C12H22N4O3. The van der Waals surface area contributed by atoms with Crippen LogP contribution in [0.5, 0.6) is 0 Å². The summed E-state index contributed by atoms with van der Waals surface area (Å²) in [5, 5.41) is 0. The summed E-state index contributed by atoms with van der Waals surface area (Å²) in [6, 6.07) is 0. The molecule has 19 heavy (non-hydrogen) atoms. The van der Waals surface area contributed by atoms with Crippen molar-refractivity contribution in [1.82, 2.24) is 14.7 Å². The van der Waals surface area contributed by atoms with Crippen LogP contribution >= 0.6 is 0 Å². The van der Waals surface area contributed by atoms with Gasteiger partial charge in [0.15, 0.2) is 0 Å². The average Bonchev–Trinajstić information content (AvgIpc) is 2.48. The van der Waals surface area contributed by atoms with E-state index in [1.165, 1.54) is 0 Å². The third-order valence-corrected chi connectivity index (χ3v) is 3.59. The van der Waals surface area contributed by atoms with E-state index in [1.807, 2.05) is 0 Å². The van der Waals surface area contributed by atoms with Crippen LogP contribution in [0.25, 0.3) is 0 Å². The molecule has 7 heteroatoms. The van der Waals surface area contributed by atoms with Crippen molar-refractivity contribution in [2.45, 2.75) is 0 Å². The lowest BCUT2D eigenvalue weighted by molar-refractivity contribution is -0.155. The molecule has 2 heterocycles. The van der Waals surface area contributed by atoms with Crippen molar-refractivity contribution >= 4 is 11.8 Å². The smallest absolute Gasteiger partial charge is 0.312 e. The minimum absolute atomic E-state index is 0.380. The predicted octanol–water partition coefficient (Wildman–Crippen LogP) is -2.05. The third kappa shape index (κ3) is 3.65. The summed E-state index contributed by atoms with van der Waals surface area (Å²) in [6.07, 6.45) is 0. The first-order valence-electron chi connectivity index (χ1n) is 6.80. The summed E-state index contributed by atoms with van der Waals surface area (Å²) >= 11 is 0. The molecular weight excluding hydrogens is 248 g/mol. The topological polar surface area (TPSA) is 79.1 Å². The van der Waals surface area contributed by atoms with Gasteiger partial charge >= 0.3 is 11.8 Å². The van der Waals surface area contributed by atoms with Crippen LogP contribution in [0.4, 0.5) is 0 Å². The first-order chi connectivity index (χ1) is 9.22. The van der Waals surface area contributed by atoms with E-state index in [1.54, 1.807) is 9.80 Å². The van der Waals surface area contributed by atoms with E-state index < -0.39 is 5.91 Å². The molecule has 2 amide bonds. The number of rotatable bonds is 2. The zero-order valence-corrected chi connectivity index (χ0v) is 11.2. The van der Waals surface area contributed by atoms with Gasteiger partial charge in [0, 0.05) is 52.4 Å². The summed E-state index contributed by atoms with van der Waals surface area (Å²) in [7, 11) is 0. The fourth-order valence-corrected chi connectivity index (χ4v) is 2.39. The summed E-state index contributed by atoms with van der Waals surface area (Å²) < 4.78 is 5.18. The van der Waals surface area contributed by atoms with Crippen molar-refractivity contribution in [3.63, 3.8) is 0 Å². The summed E-state index contributed by atoms with van der Waals surface area (Å²) in [5.41, 5.74) is 5.50. The SMILES string of the molecule is NCCN1CCN(C(=O)C(=O)N2CCOCC2)CC1. The molecule has 7 nitrogen and oxygen atoms in total. The van der Waals surface area contributed by atoms with Gasteiger partial charge in [0.25, 0.3) is 0 Å².